The van der Waals surface area contributed by atoms with Gasteiger partial charge in [-0.1, -0.05) is 22.0 Å². The summed E-state index contributed by atoms with van der Waals surface area (Å²) in [5.74, 6) is 0.819. The molecule has 0 saturated carbocycles. The zero-order chi connectivity index (χ0) is 16.5. The number of amides is 1. The van der Waals surface area contributed by atoms with Gasteiger partial charge in [0.25, 0.3) is 5.91 Å². The van der Waals surface area contributed by atoms with E-state index < -0.39 is 0 Å². The van der Waals surface area contributed by atoms with Crippen molar-refractivity contribution in [3.05, 3.63) is 51.9 Å². The van der Waals surface area contributed by atoms with Crippen molar-refractivity contribution in [3.63, 3.8) is 0 Å². The molecule has 4 rings (SSSR count). The normalized spacial score (nSPS) is 17.0. The van der Waals surface area contributed by atoms with Crippen LogP contribution in [0.2, 0.25) is 0 Å². The van der Waals surface area contributed by atoms with Crippen LogP contribution < -0.4 is 4.90 Å². The zero-order valence-corrected chi connectivity index (χ0v) is 15.0. The van der Waals surface area contributed by atoms with E-state index in [1.165, 1.54) is 30.4 Å². The molecule has 2 aliphatic heterocycles. The summed E-state index contributed by atoms with van der Waals surface area (Å²) in [6.45, 7) is 3.32. The molecule has 1 fully saturated rings. The van der Waals surface area contributed by atoms with E-state index in [0.717, 1.165) is 23.4 Å². The van der Waals surface area contributed by atoms with Gasteiger partial charge in [0.1, 0.15) is 11.5 Å². The highest BCUT2D eigenvalue weighted by atomic mass is 79.9. The summed E-state index contributed by atoms with van der Waals surface area (Å²) in [7, 11) is 0. The molecule has 1 amide bonds. The summed E-state index contributed by atoms with van der Waals surface area (Å²) in [6, 6.07) is 6.16. The molecule has 124 valence electrons. The number of hydrogen-bond donors (Lipinski definition) is 0. The van der Waals surface area contributed by atoms with Crippen LogP contribution in [0.1, 0.15) is 40.9 Å². The van der Waals surface area contributed by atoms with Gasteiger partial charge in [0.05, 0.1) is 12.4 Å². The number of aromatic nitrogens is 2. The van der Waals surface area contributed by atoms with E-state index >= 15 is 0 Å². The molecule has 0 unspecified atom stereocenters. The maximum absolute atomic E-state index is 12.7. The number of anilines is 1. The fraction of sp³-hybridized carbons (Fsp3) is 0.389. The van der Waals surface area contributed by atoms with E-state index in [4.69, 9.17) is 0 Å². The Morgan fingerprint density at radius 2 is 1.79 bits per heavy atom. The van der Waals surface area contributed by atoms with Crippen LogP contribution in [0.5, 0.6) is 0 Å². The fourth-order valence-electron chi connectivity index (χ4n) is 3.39. The molecule has 0 N–H and O–H groups in total. The first-order valence-electron chi connectivity index (χ1n) is 8.34. The first-order chi connectivity index (χ1) is 11.7. The van der Waals surface area contributed by atoms with Gasteiger partial charge in [-0.25, -0.2) is 9.97 Å². The first-order valence-corrected chi connectivity index (χ1v) is 9.13. The highest BCUT2D eigenvalue weighted by molar-refractivity contribution is 9.10. The molecule has 1 aromatic heterocycles. The molecule has 2 aliphatic rings. The van der Waals surface area contributed by atoms with Crippen molar-refractivity contribution >= 4 is 27.7 Å². The number of fused-ring (bicyclic) bond motifs is 1. The van der Waals surface area contributed by atoms with E-state index in [0.29, 0.717) is 18.8 Å². The topological polar surface area (TPSA) is 49.3 Å². The Labute approximate surface area is 149 Å². The van der Waals surface area contributed by atoms with Crippen molar-refractivity contribution in [2.45, 2.75) is 32.4 Å². The van der Waals surface area contributed by atoms with Gasteiger partial charge in [0, 0.05) is 30.7 Å². The molecular formula is C18H19BrN4O. The minimum absolute atomic E-state index is 0.0555. The highest BCUT2D eigenvalue weighted by Crippen LogP contribution is 2.27. The lowest BCUT2D eigenvalue weighted by atomic mass is 10.1. The van der Waals surface area contributed by atoms with Gasteiger partial charge < -0.3 is 9.80 Å². The van der Waals surface area contributed by atoms with Gasteiger partial charge in [-0.3, -0.25) is 4.79 Å². The second-order valence-corrected chi connectivity index (χ2v) is 7.30. The van der Waals surface area contributed by atoms with Gasteiger partial charge in [-0.2, -0.15) is 0 Å². The molecule has 0 aliphatic carbocycles. The lowest BCUT2D eigenvalue weighted by Gasteiger charge is -2.27. The Balaban J connectivity index is 1.47. The molecule has 0 spiro atoms. The Morgan fingerprint density at radius 1 is 1.00 bits per heavy atom. The van der Waals surface area contributed by atoms with Crippen LogP contribution in [-0.2, 0) is 13.1 Å². The van der Waals surface area contributed by atoms with Crippen LogP contribution in [0.15, 0.2) is 35.1 Å². The van der Waals surface area contributed by atoms with Crippen molar-refractivity contribution in [1.82, 2.24) is 14.9 Å². The molecule has 6 heteroatoms. The van der Waals surface area contributed by atoms with Gasteiger partial charge in [-0.05, 0) is 42.5 Å². The van der Waals surface area contributed by atoms with Crippen molar-refractivity contribution in [2.24, 2.45) is 0 Å². The summed E-state index contributed by atoms with van der Waals surface area (Å²) in [5, 5.41) is 0. The molecule has 1 aromatic carbocycles. The van der Waals surface area contributed by atoms with E-state index in [1.807, 2.05) is 11.0 Å². The Bertz CT molecular complexity index is 756. The van der Waals surface area contributed by atoms with Crippen LogP contribution in [-0.4, -0.2) is 33.9 Å². The van der Waals surface area contributed by atoms with Crippen molar-refractivity contribution < 1.29 is 4.79 Å². The Kier molecular flexibility index (Phi) is 4.22. The average Bonchev–Trinajstić information content (AvgIpc) is 3.05. The molecule has 0 bridgehead atoms. The minimum Gasteiger partial charge on any atom is -0.355 e. The van der Waals surface area contributed by atoms with Crippen LogP contribution >= 0.6 is 15.9 Å². The van der Waals surface area contributed by atoms with Crippen molar-refractivity contribution in [1.29, 1.82) is 0 Å². The van der Waals surface area contributed by atoms with E-state index in [-0.39, 0.29) is 5.91 Å². The summed E-state index contributed by atoms with van der Waals surface area (Å²) in [4.78, 5) is 25.6. The summed E-state index contributed by atoms with van der Waals surface area (Å²) >= 11 is 3.48. The molecule has 2 aromatic rings. The van der Waals surface area contributed by atoms with Crippen molar-refractivity contribution in [2.75, 3.05) is 18.0 Å². The first kappa shape index (κ1) is 15.6. The molecule has 24 heavy (non-hydrogen) atoms. The van der Waals surface area contributed by atoms with E-state index in [1.54, 1.807) is 12.4 Å². The number of carbonyl (C=O) groups excluding carboxylic acids is 1. The smallest absolute Gasteiger partial charge is 0.274 e. The third kappa shape index (κ3) is 3.02. The number of carbonyl (C=O) groups is 1. The van der Waals surface area contributed by atoms with Crippen LogP contribution in [0.4, 0.5) is 5.82 Å². The summed E-state index contributed by atoms with van der Waals surface area (Å²) < 4.78 is 1.04. The average molecular weight is 387 g/mol. The number of hydrogen-bond acceptors (Lipinski definition) is 4. The number of rotatable bonds is 2. The molecule has 1 saturated heterocycles. The van der Waals surface area contributed by atoms with Crippen molar-refractivity contribution in [3.8, 4) is 0 Å². The predicted molar refractivity (Wildman–Crippen MR) is 95.8 cm³/mol. The predicted octanol–water partition coefficient (Wildman–Crippen LogP) is 3.39. The lowest BCUT2D eigenvalue weighted by molar-refractivity contribution is 0.0745. The van der Waals surface area contributed by atoms with Gasteiger partial charge in [-0.15, -0.1) is 0 Å². The number of nitrogens with zero attached hydrogens (tertiary/aromatic N) is 4. The molecule has 0 radical (unpaired) electrons. The maximum atomic E-state index is 12.7. The summed E-state index contributed by atoms with van der Waals surface area (Å²) in [6.07, 6.45) is 7.03. The number of halogens is 1. The highest BCUT2D eigenvalue weighted by Gasteiger charge is 2.25. The largest absolute Gasteiger partial charge is 0.355 e. The SMILES string of the molecule is O=C(c1cnc(N2CCCCC2)cn1)N1Cc2ccc(Br)cc2C1. The molecular weight excluding hydrogens is 368 g/mol. The second kappa shape index (κ2) is 6.51. The monoisotopic (exact) mass is 386 g/mol. The number of benzene rings is 1. The van der Waals surface area contributed by atoms with Crippen LogP contribution in [0, 0.1) is 0 Å². The van der Waals surface area contributed by atoms with E-state index in [2.05, 4.69) is 42.9 Å². The third-order valence-electron chi connectivity index (χ3n) is 4.72. The molecule has 5 nitrogen and oxygen atoms in total. The molecule has 3 heterocycles. The standard InChI is InChI=1S/C18H19BrN4O/c19-15-5-4-13-11-23(12-14(13)8-15)18(24)16-9-21-17(10-20-16)22-6-2-1-3-7-22/h4-5,8-10H,1-3,6-7,11-12H2. The lowest BCUT2D eigenvalue weighted by Crippen LogP contribution is -2.31. The van der Waals surface area contributed by atoms with Gasteiger partial charge in [0.15, 0.2) is 0 Å². The summed E-state index contributed by atoms with van der Waals surface area (Å²) in [5.41, 5.74) is 2.81. The fourth-order valence-corrected chi connectivity index (χ4v) is 3.80. The minimum atomic E-state index is -0.0555. The van der Waals surface area contributed by atoms with Gasteiger partial charge >= 0.3 is 0 Å². The second-order valence-electron chi connectivity index (χ2n) is 6.38. The van der Waals surface area contributed by atoms with Crippen LogP contribution in [0.25, 0.3) is 0 Å². The zero-order valence-electron chi connectivity index (χ0n) is 13.4. The molecule has 0 atom stereocenters. The third-order valence-corrected chi connectivity index (χ3v) is 5.21. The Morgan fingerprint density at radius 3 is 2.54 bits per heavy atom. The maximum Gasteiger partial charge on any atom is 0.274 e. The van der Waals surface area contributed by atoms with Crippen LogP contribution in [0.3, 0.4) is 0 Å². The van der Waals surface area contributed by atoms with Gasteiger partial charge in [0.2, 0.25) is 0 Å². The van der Waals surface area contributed by atoms with E-state index in [9.17, 15) is 4.79 Å². The Hall–Kier alpha value is -1.95. The quantitative estimate of drug-likeness (QED) is 0.793. The number of piperidine rings is 1.